The molecule has 98 valence electrons. The van der Waals surface area contributed by atoms with Gasteiger partial charge in [-0.3, -0.25) is 9.59 Å². The fraction of sp³-hybridized carbons (Fsp3) is 0.833. The van der Waals surface area contributed by atoms with Gasteiger partial charge in [0.1, 0.15) is 0 Å². The van der Waals surface area contributed by atoms with Crippen molar-refractivity contribution in [2.24, 2.45) is 17.4 Å². The Morgan fingerprint density at radius 3 is 2.35 bits per heavy atom. The fourth-order valence-corrected chi connectivity index (χ4v) is 1.77. The van der Waals surface area contributed by atoms with Crippen molar-refractivity contribution < 1.29 is 9.59 Å². The normalized spacial score (nSPS) is 16.9. The third-order valence-electron chi connectivity index (χ3n) is 2.96. The third kappa shape index (κ3) is 4.73. The summed E-state index contributed by atoms with van der Waals surface area (Å²) in [5, 5.41) is 0. The monoisotopic (exact) mass is 241 g/mol. The standard InChI is InChI=1S/C12H23N3O2/c1-8(2)5-6-15(9-3-4-9)12(17)10(13)7-11(14)16/h8-10H,3-7,13H2,1-2H3,(H2,14,16). The highest BCUT2D eigenvalue weighted by molar-refractivity contribution is 5.87. The van der Waals surface area contributed by atoms with Crippen LogP contribution >= 0.6 is 0 Å². The largest absolute Gasteiger partial charge is 0.370 e. The highest BCUT2D eigenvalue weighted by Crippen LogP contribution is 2.28. The molecule has 5 heteroatoms. The number of nitrogens with two attached hydrogens (primary N) is 2. The maximum absolute atomic E-state index is 12.1. The van der Waals surface area contributed by atoms with Crippen LogP contribution in [0.3, 0.4) is 0 Å². The average Bonchev–Trinajstić information content (AvgIpc) is 3.00. The van der Waals surface area contributed by atoms with Gasteiger partial charge in [-0.2, -0.15) is 0 Å². The van der Waals surface area contributed by atoms with E-state index in [1.54, 1.807) is 0 Å². The second-order valence-corrected chi connectivity index (χ2v) is 5.22. The first-order valence-corrected chi connectivity index (χ1v) is 6.26. The van der Waals surface area contributed by atoms with Crippen LogP contribution in [-0.2, 0) is 9.59 Å². The molecule has 17 heavy (non-hydrogen) atoms. The summed E-state index contributed by atoms with van der Waals surface area (Å²) in [6.45, 7) is 4.98. The highest BCUT2D eigenvalue weighted by Gasteiger charge is 2.34. The Morgan fingerprint density at radius 1 is 1.35 bits per heavy atom. The van der Waals surface area contributed by atoms with Gasteiger partial charge in [-0.25, -0.2) is 0 Å². The van der Waals surface area contributed by atoms with Gasteiger partial charge in [0.05, 0.1) is 12.5 Å². The molecule has 0 aromatic heterocycles. The van der Waals surface area contributed by atoms with Gasteiger partial charge in [0, 0.05) is 12.6 Å². The van der Waals surface area contributed by atoms with Gasteiger partial charge in [0.2, 0.25) is 11.8 Å². The molecular weight excluding hydrogens is 218 g/mol. The Hall–Kier alpha value is -1.10. The van der Waals surface area contributed by atoms with E-state index < -0.39 is 11.9 Å². The molecule has 0 saturated heterocycles. The van der Waals surface area contributed by atoms with Crippen LogP contribution in [0.15, 0.2) is 0 Å². The molecule has 0 spiro atoms. The molecule has 2 amide bonds. The molecule has 1 aliphatic rings. The van der Waals surface area contributed by atoms with E-state index in [0.717, 1.165) is 25.8 Å². The number of carbonyl (C=O) groups is 2. The number of hydrogen-bond acceptors (Lipinski definition) is 3. The summed E-state index contributed by atoms with van der Waals surface area (Å²) in [7, 11) is 0. The minimum absolute atomic E-state index is 0.0657. The Labute approximate surface area is 103 Å². The van der Waals surface area contributed by atoms with Crippen LogP contribution in [0.4, 0.5) is 0 Å². The molecule has 0 bridgehead atoms. The summed E-state index contributed by atoms with van der Waals surface area (Å²) in [4.78, 5) is 24.7. The minimum atomic E-state index is -0.778. The maximum atomic E-state index is 12.1. The van der Waals surface area contributed by atoms with Crippen LogP contribution in [0.25, 0.3) is 0 Å². The molecule has 0 radical (unpaired) electrons. The van der Waals surface area contributed by atoms with E-state index in [4.69, 9.17) is 11.5 Å². The van der Waals surface area contributed by atoms with E-state index in [1.165, 1.54) is 0 Å². The summed E-state index contributed by atoms with van der Waals surface area (Å²) in [5.41, 5.74) is 10.8. The molecule has 0 aliphatic heterocycles. The lowest BCUT2D eigenvalue weighted by Crippen LogP contribution is -2.47. The van der Waals surface area contributed by atoms with Crippen molar-refractivity contribution in [2.75, 3.05) is 6.54 Å². The number of carbonyl (C=O) groups excluding carboxylic acids is 2. The third-order valence-corrected chi connectivity index (χ3v) is 2.96. The van der Waals surface area contributed by atoms with E-state index in [0.29, 0.717) is 12.0 Å². The first-order valence-electron chi connectivity index (χ1n) is 6.26. The van der Waals surface area contributed by atoms with Gasteiger partial charge in [-0.15, -0.1) is 0 Å². The predicted molar refractivity (Wildman–Crippen MR) is 66.0 cm³/mol. The van der Waals surface area contributed by atoms with E-state index in [-0.39, 0.29) is 12.3 Å². The quantitative estimate of drug-likeness (QED) is 0.668. The smallest absolute Gasteiger partial charge is 0.240 e. The first kappa shape index (κ1) is 14.0. The molecular formula is C12H23N3O2. The second kappa shape index (κ2) is 6.00. The second-order valence-electron chi connectivity index (χ2n) is 5.22. The summed E-state index contributed by atoms with van der Waals surface area (Å²) in [6.07, 6.45) is 3.00. The van der Waals surface area contributed by atoms with Gasteiger partial charge < -0.3 is 16.4 Å². The minimum Gasteiger partial charge on any atom is -0.370 e. The van der Waals surface area contributed by atoms with Gasteiger partial charge in [-0.1, -0.05) is 13.8 Å². The summed E-state index contributed by atoms with van der Waals surface area (Å²) >= 11 is 0. The van der Waals surface area contributed by atoms with Crippen molar-refractivity contribution in [3.8, 4) is 0 Å². The van der Waals surface area contributed by atoms with Gasteiger partial charge in [0.15, 0.2) is 0 Å². The molecule has 1 aliphatic carbocycles. The van der Waals surface area contributed by atoms with E-state index in [2.05, 4.69) is 13.8 Å². The molecule has 0 heterocycles. The van der Waals surface area contributed by atoms with Crippen LogP contribution < -0.4 is 11.5 Å². The maximum Gasteiger partial charge on any atom is 0.240 e. The molecule has 1 saturated carbocycles. The van der Waals surface area contributed by atoms with Crippen LogP contribution in [0.2, 0.25) is 0 Å². The molecule has 1 fully saturated rings. The molecule has 1 atom stereocenters. The Balaban J connectivity index is 2.51. The van der Waals surface area contributed by atoms with Crippen molar-refractivity contribution in [3.05, 3.63) is 0 Å². The van der Waals surface area contributed by atoms with E-state index in [1.807, 2.05) is 4.90 Å². The SMILES string of the molecule is CC(C)CCN(C(=O)C(N)CC(N)=O)C1CC1. The van der Waals surface area contributed by atoms with E-state index in [9.17, 15) is 9.59 Å². The van der Waals surface area contributed by atoms with Crippen LogP contribution in [-0.4, -0.2) is 35.3 Å². The fourth-order valence-electron chi connectivity index (χ4n) is 1.77. The van der Waals surface area contributed by atoms with Crippen molar-refractivity contribution in [1.29, 1.82) is 0 Å². The van der Waals surface area contributed by atoms with Crippen molar-refractivity contribution in [2.45, 2.75) is 51.6 Å². The number of nitrogens with zero attached hydrogens (tertiary/aromatic N) is 1. The zero-order valence-electron chi connectivity index (χ0n) is 10.7. The lowest BCUT2D eigenvalue weighted by molar-refractivity contribution is -0.135. The highest BCUT2D eigenvalue weighted by atomic mass is 16.2. The van der Waals surface area contributed by atoms with Crippen molar-refractivity contribution in [1.82, 2.24) is 4.90 Å². The van der Waals surface area contributed by atoms with Gasteiger partial charge in [-0.05, 0) is 25.2 Å². The summed E-state index contributed by atoms with van der Waals surface area (Å²) < 4.78 is 0. The zero-order chi connectivity index (χ0) is 13.0. The Morgan fingerprint density at radius 2 is 1.94 bits per heavy atom. The molecule has 1 unspecified atom stereocenters. The summed E-state index contributed by atoms with van der Waals surface area (Å²) in [5.74, 6) is -0.103. The number of amides is 2. The van der Waals surface area contributed by atoms with E-state index >= 15 is 0 Å². The molecule has 4 N–H and O–H groups in total. The molecule has 1 rings (SSSR count). The van der Waals surface area contributed by atoms with Crippen LogP contribution in [0, 0.1) is 5.92 Å². The number of primary amides is 1. The Kier molecular flexibility index (Phi) is 4.93. The van der Waals surface area contributed by atoms with Crippen LogP contribution in [0.1, 0.15) is 39.5 Å². The number of hydrogen-bond donors (Lipinski definition) is 2. The molecule has 5 nitrogen and oxygen atoms in total. The lowest BCUT2D eigenvalue weighted by Gasteiger charge is -2.26. The lowest BCUT2D eigenvalue weighted by atomic mass is 10.1. The first-order chi connectivity index (χ1) is 7.91. The van der Waals surface area contributed by atoms with Gasteiger partial charge >= 0.3 is 0 Å². The Bertz CT molecular complexity index is 287. The van der Waals surface area contributed by atoms with Crippen molar-refractivity contribution >= 4 is 11.8 Å². The zero-order valence-corrected chi connectivity index (χ0v) is 10.7. The molecule has 0 aromatic carbocycles. The summed E-state index contributed by atoms with van der Waals surface area (Å²) in [6, 6.07) is -0.444. The predicted octanol–water partition coefficient (Wildman–Crippen LogP) is 0.226. The van der Waals surface area contributed by atoms with Crippen molar-refractivity contribution in [3.63, 3.8) is 0 Å². The number of rotatable bonds is 7. The topological polar surface area (TPSA) is 89.4 Å². The average molecular weight is 241 g/mol. The molecule has 0 aromatic rings. The van der Waals surface area contributed by atoms with Gasteiger partial charge in [0.25, 0.3) is 0 Å². The van der Waals surface area contributed by atoms with Crippen LogP contribution in [0.5, 0.6) is 0 Å².